The molecule has 0 bridgehead atoms. The Bertz CT molecular complexity index is 223. The van der Waals surface area contributed by atoms with Gasteiger partial charge in [-0.1, -0.05) is 27.2 Å². The van der Waals surface area contributed by atoms with Crippen LogP contribution in [0.1, 0.15) is 47.0 Å². The highest BCUT2D eigenvalue weighted by Crippen LogP contribution is 2.02. The Balaban J connectivity index is 3.69. The number of carbonyl (C=O) groups excluding carboxylic acids is 2. The van der Waals surface area contributed by atoms with Crippen LogP contribution in [0.5, 0.6) is 0 Å². The molecule has 0 rings (SSSR count). The molecular formula is C12H22O4. The molecule has 0 aromatic carbocycles. The van der Waals surface area contributed by atoms with E-state index in [2.05, 4.69) is 0 Å². The monoisotopic (exact) mass is 230 g/mol. The number of esters is 2. The van der Waals surface area contributed by atoms with Gasteiger partial charge in [-0.05, 0) is 13.3 Å². The fourth-order valence-corrected chi connectivity index (χ4v) is 1.00. The van der Waals surface area contributed by atoms with Gasteiger partial charge in [-0.2, -0.15) is 0 Å². The predicted molar refractivity (Wildman–Crippen MR) is 60.9 cm³/mol. The van der Waals surface area contributed by atoms with E-state index in [1.54, 1.807) is 20.8 Å². The summed E-state index contributed by atoms with van der Waals surface area (Å²) in [5, 5.41) is 0. The van der Waals surface area contributed by atoms with E-state index in [4.69, 9.17) is 9.47 Å². The van der Waals surface area contributed by atoms with Crippen molar-refractivity contribution in [2.24, 2.45) is 5.92 Å². The highest BCUT2D eigenvalue weighted by atomic mass is 16.6. The summed E-state index contributed by atoms with van der Waals surface area (Å²) in [7, 11) is 0. The van der Waals surface area contributed by atoms with Crippen LogP contribution in [0, 0.1) is 5.92 Å². The van der Waals surface area contributed by atoms with Gasteiger partial charge in [0.15, 0.2) is 0 Å². The lowest BCUT2D eigenvalue weighted by Gasteiger charge is -2.14. The first-order valence-electron chi connectivity index (χ1n) is 5.83. The van der Waals surface area contributed by atoms with Crippen LogP contribution in [-0.2, 0) is 19.1 Å². The summed E-state index contributed by atoms with van der Waals surface area (Å²) >= 11 is 0. The minimum absolute atomic E-state index is 0.134. The van der Waals surface area contributed by atoms with Crippen molar-refractivity contribution in [3.05, 3.63) is 0 Å². The molecule has 0 N–H and O–H groups in total. The van der Waals surface area contributed by atoms with E-state index in [0.29, 0.717) is 6.42 Å². The third-order valence-corrected chi connectivity index (χ3v) is 2.00. The average Bonchev–Trinajstić information content (AvgIpc) is 2.22. The molecule has 1 atom stereocenters. The van der Waals surface area contributed by atoms with E-state index >= 15 is 0 Å². The normalized spacial score (nSPS) is 12.3. The number of rotatable bonds is 7. The van der Waals surface area contributed by atoms with Crippen LogP contribution in [0.4, 0.5) is 0 Å². The maximum Gasteiger partial charge on any atom is 0.308 e. The van der Waals surface area contributed by atoms with Crippen molar-refractivity contribution >= 4 is 11.9 Å². The maximum absolute atomic E-state index is 11.2. The summed E-state index contributed by atoms with van der Waals surface area (Å²) in [6, 6.07) is 0. The lowest BCUT2D eigenvalue weighted by Crippen LogP contribution is -2.23. The molecule has 0 aromatic heterocycles. The molecule has 1 unspecified atom stereocenters. The summed E-state index contributed by atoms with van der Waals surface area (Å²) in [4.78, 5) is 22.4. The fourth-order valence-electron chi connectivity index (χ4n) is 1.00. The third kappa shape index (κ3) is 7.26. The topological polar surface area (TPSA) is 52.6 Å². The first kappa shape index (κ1) is 14.9. The largest absolute Gasteiger partial charge is 0.462 e. The Kier molecular flexibility index (Phi) is 7.60. The number of hydrogen-bond acceptors (Lipinski definition) is 4. The highest BCUT2D eigenvalue weighted by Gasteiger charge is 2.13. The van der Waals surface area contributed by atoms with Gasteiger partial charge >= 0.3 is 11.9 Å². The lowest BCUT2D eigenvalue weighted by molar-refractivity contribution is -0.159. The van der Waals surface area contributed by atoms with Crippen molar-refractivity contribution in [2.75, 3.05) is 6.61 Å². The van der Waals surface area contributed by atoms with Crippen molar-refractivity contribution < 1.29 is 19.1 Å². The van der Waals surface area contributed by atoms with Crippen molar-refractivity contribution in [3.8, 4) is 0 Å². The predicted octanol–water partition coefficient (Wildman–Crippen LogP) is 2.31. The Morgan fingerprint density at radius 2 is 1.81 bits per heavy atom. The molecule has 4 heteroatoms. The summed E-state index contributed by atoms with van der Waals surface area (Å²) in [5.74, 6) is -0.644. The van der Waals surface area contributed by atoms with Crippen LogP contribution in [0.3, 0.4) is 0 Å². The van der Waals surface area contributed by atoms with Crippen LogP contribution in [-0.4, -0.2) is 24.6 Å². The standard InChI is InChI=1S/C12H22O4/c1-5-6-7-11(13)16-10(4)8-15-12(14)9(2)3/h9-10H,5-8H2,1-4H3. The second-order valence-electron chi connectivity index (χ2n) is 4.19. The minimum Gasteiger partial charge on any atom is -0.462 e. The molecule has 0 saturated carbocycles. The zero-order valence-corrected chi connectivity index (χ0v) is 10.6. The average molecular weight is 230 g/mol. The van der Waals surface area contributed by atoms with E-state index in [9.17, 15) is 9.59 Å². The van der Waals surface area contributed by atoms with Crippen molar-refractivity contribution in [1.82, 2.24) is 0 Å². The van der Waals surface area contributed by atoms with Gasteiger partial charge in [0, 0.05) is 6.42 Å². The van der Waals surface area contributed by atoms with E-state index in [1.165, 1.54) is 0 Å². The van der Waals surface area contributed by atoms with Gasteiger partial charge in [-0.3, -0.25) is 9.59 Å². The molecular weight excluding hydrogens is 208 g/mol. The van der Waals surface area contributed by atoms with E-state index in [-0.39, 0.29) is 30.6 Å². The third-order valence-electron chi connectivity index (χ3n) is 2.00. The Hall–Kier alpha value is -1.06. The van der Waals surface area contributed by atoms with Crippen LogP contribution < -0.4 is 0 Å². The smallest absolute Gasteiger partial charge is 0.308 e. The van der Waals surface area contributed by atoms with Crippen LogP contribution in [0.25, 0.3) is 0 Å². The molecule has 0 aromatic rings. The van der Waals surface area contributed by atoms with Crippen molar-refractivity contribution in [3.63, 3.8) is 0 Å². The fraction of sp³-hybridized carbons (Fsp3) is 0.833. The number of ether oxygens (including phenoxy) is 2. The Morgan fingerprint density at radius 3 is 2.31 bits per heavy atom. The van der Waals surface area contributed by atoms with Crippen LogP contribution in [0.15, 0.2) is 0 Å². The van der Waals surface area contributed by atoms with E-state index < -0.39 is 0 Å². The number of carbonyl (C=O) groups is 2. The molecule has 0 aliphatic heterocycles. The first-order valence-corrected chi connectivity index (χ1v) is 5.83. The molecule has 0 aliphatic rings. The summed E-state index contributed by atoms with van der Waals surface area (Å²) < 4.78 is 10.0. The molecule has 0 aliphatic carbocycles. The Morgan fingerprint density at radius 1 is 1.19 bits per heavy atom. The van der Waals surface area contributed by atoms with Crippen molar-refractivity contribution in [1.29, 1.82) is 0 Å². The Labute approximate surface area is 97.3 Å². The van der Waals surface area contributed by atoms with Crippen LogP contribution >= 0.6 is 0 Å². The molecule has 0 saturated heterocycles. The quantitative estimate of drug-likeness (QED) is 0.630. The van der Waals surface area contributed by atoms with Gasteiger partial charge in [0.1, 0.15) is 12.7 Å². The molecule has 0 fully saturated rings. The van der Waals surface area contributed by atoms with Gasteiger partial charge in [0.2, 0.25) is 0 Å². The zero-order valence-electron chi connectivity index (χ0n) is 10.6. The molecule has 0 heterocycles. The molecule has 0 amide bonds. The van der Waals surface area contributed by atoms with Gasteiger partial charge in [0.05, 0.1) is 5.92 Å². The highest BCUT2D eigenvalue weighted by molar-refractivity contribution is 5.71. The van der Waals surface area contributed by atoms with Gasteiger partial charge in [0.25, 0.3) is 0 Å². The number of hydrogen-bond donors (Lipinski definition) is 0. The minimum atomic E-state index is -0.368. The van der Waals surface area contributed by atoms with Gasteiger partial charge in [-0.15, -0.1) is 0 Å². The summed E-state index contributed by atoms with van der Waals surface area (Å²) in [6.45, 7) is 7.40. The van der Waals surface area contributed by atoms with E-state index in [1.807, 2.05) is 6.92 Å². The molecule has 4 nitrogen and oxygen atoms in total. The first-order chi connectivity index (χ1) is 7.47. The second-order valence-corrected chi connectivity index (χ2v) is 4.19. The number of unbranched alkanes of at least 4 members (excludes halogenated alkanes) is 1. The maximum atomic E-state index is 11.2. The van der Waals surface area contributed by atoms with E-state index in [0.717, 1.165) is 12.8 Å². The summed E-state index contributed by atoms with van der Waals surface area (Å²) in [6.07, 6.45) is 1.86. The van der Waals surface area contributed by atoms with Gasteiger partial charge < -0.3 is 9.47 Å². The lowest BCUT2D eigenvalue weighted by atomic mass is 10.2. The van der Waals surface area contributed by atoms with Crippen LogP contribution in [0.2, 0.25) is 0 Å². The van der Waals surface area contributed by atoms with Crippen molar-refractivity contribution in [2.45, 2.75) is 53.1 Å². The van der Waals surface area contributed by atoms with Gasteiger partial charge in [-0.25, -0.2) is 0 Å². The molecule has 0 radical (unpaired) electrons. The molecule has 94 valence electrons. The molecule has 16 heavy (non-hydrogen) atoms. The summed E-state index contributed by atoms with van der Waals surface area (Å²) in [5.41, 5.74) is 0. The molecule has 0 spiro atoms. The SMILES string of the molecule is CCCCC(=O)OC(C)COC(=O)C(C)C. The zero-order chi connectivity index (χ0) is 12.6. The second kappa shape index (κ2) is 8.13.